The second kappa shape index (κ2) is 6.06. The molecule has 0 aliphatic heterocycles. The van der Waals surface area contributed by atoms with Crippen LogP contribution in [0.2, 0.25) is 5.02 Å². The van der Waals surface area contributed by atoms with E-state index >= 15 is 0 Å². The van der Waals surface area contributed by atoms with E-state index in [1.165, 1.54) is 5.56 Å². The maximum atomic E-state index is 5.75. The summed E-state index contributed by atoms with van der Waals surface area (Å²) in [6.07, 6.45) is 6.28. The largest absolute Gasteiger partial charge is 0.127 e. The van der Waals surface area contributed by atoms with Crippen molar-refractivity contribution in [2.75, 3.05) is 5.88 Å². The molecule has 1 aromatic carbocycles. The molecule has 0 heterocycles. The highest BCUT2D eigenvalue weighted by atomic mass is 35.5. The van der Waals surface area contributed by atoms with Crippen molar-refractivity contribution in [3.05, 3.63) is 40.9 Å². The van der Waals surface area contributed by atoms with Gasteiger partial charge < -0.3 is 0 Å². The zero-order chi connectivity index (χ0) is 9.52. The van der Waals surface area contributed by atoms with Gasteiger partial charge in [0.1, 0.15) is 0 Å². The van der Waals surface area contributed by atoms with Crippen molar-refractivity contribution in [3.8, 4) is 0 Å². The van der Waals surface area contributed by atoms with Crippen molar-refractivity contribution in [1.29, 1.82) is 0 Å². The molecule has 0 saturated carbocycles. The Labute approximate surface area is 89.2 Å². The molecule has 0 saturated heterocycles. The van der Waals surface area contributed by atoms with Gasteiger partial charge in [-0.3, -0.25) is 0 Å². The van der Waals surface area contributed by atoms with Crippen molar-refractivity contribution in [3.63, 3.8) is 0 Å². The third-order valence-electron chi connectivity index (χ3n) is 1.68. The van der Waals surface area contributed by atoms with E-state index in [0.29, 0.717) is 0 Å². The Balaban J connectivity index is 2.44. The minimum absolute atomic E-state index is 0.727. The fourth-order valence-corrected chi connectivity index (χ4v) is 1.27. The lowest BCUT2D eigenvalue weighted by Gasteiger charge is -1.93. The Morgan fingerprint density at radius 3 is 2.46 bits per heavy atom. The van der Waals surface area contributed by atoms with Crippen molar-refractivity contribution in [2.24, 2.45) is 0 Å². The van der Waals surface area contributed by atoms with Crippen LogP contribution in [0.25, 0.3) is 6.08 Å². The molecule has 0 fully saturated rings. The number of rotatable bonds is 4. The molecule has 2 heteroatoms. The summed E-state index contributed by atoms with van der Waals surface area (Å²) in [6, 6.07) is 7.78. The van der Waals surface area contributed by atoms with Crippen LogP contribution in [-0.2, 0) is 0 Å². The molecule has 0 amide bonds. The van der Waals surface area contributed by atoms with E-state index in [-0.39, 0.29) is 0 Å². The smallest absolute Gasteiger partial charge is 0.0406 e. The van der Waals surface area contributed by atoms with E-state index in [0.717, 1.165) is 23.7 Å². The molecular weight excluding hydrogens is 203 g/mol. The number of alkyl halides is 1. The van der Waals surface area contributed by atoms with Crippen molar-refractivity contribution >= 4 is 29.3 Å². The fourth-order valence-electron chi connectivity index (χ4n) is 0.988. The molecule has 0 N–H and O–H groups in total. The lowest BCUT2D eigenvalue weighted by Crippen LogP contribution is -1.73. The van der Waals surface area contributed by atoms with E-state index < -0.39 is 0 Å². The third-order valence-corrected chi connectivity index (χ3v) is 2.20. The predicted octanol–water partition coefficient (Wildman–Crippen LogP) is 4.37. The lowest BCUT2D eigenvalue weighted by atomic mass is 10.2. The van der Waals surface area contributed by atoms with Gasteiger partial charge >= 0.3 is 0 Å². The molecule has 0 aliphatic rings. The van der Waals surface area contributed by atoms with Gasteiger partial charge in [0.05, 0.1) is 0 Å². The normalized spacial score (nSPS) is 10.9. The minimum atomic E-state index is 0.727. The highest BCUT2D eigenvalue weighted by molar-refractivity contribution is 6.30. The lowest BCUT2D eigenvalue weighted by molar-refractivity contribution is 0.970. The van der Waals surface area contributed by atoms with Crippen LogP contribution in [-0.4, -0.2) is 5.88 Å². The van der Waals surface area contributed by atoms with Crippen LogP contribution >= 0.6 is 23.2 Å². The highest BCUT2D eigenvalue weighted by Crippen LogP contribution is 2.11. The summed E-state index contributed by atoms with van der Waals surface area (Å²) < 4.78 is 0. The number of benzene rings is 1. The first-order chi connectivity index (χ1) is 6.33. The summed E-state index contributed by atoms with van der Waals surface area (Å²) in [5.41, 5.74) is 1.18. The third kappa shape index (κ3) is 4.35. The van der Waals surface area contributed by atoms with Gasteiger partial charge in [0.15, 0.2) is 0 Å². The molecule has 0 aliphatic carbocycles. The summed E-state index contributed by atoms with van der Waals surface area (Å²) >= 11 is 11.3. The van der Waals surface area contributed by atoms with E-state index in [2.05, 4.69) is 12.2 Å². The average molecular weight is 215 g/mol. The van der Waals surface area contributed by atoms with E-state index in [1.807, 2.05) is 24.3 Å². The van der Waals surface area contributed by atoms with Crippen LogP contribution in [0, 0.1) is 0 Å². The molecule has 0 spiro atoms. The van der Waals surface area contributed by atoms with Gasteiger partial charge in [-0.15, -0.1) is 11.6 Å². The van der Waals surface area contributed by atoms with E-state index in [4.69, 9.17) is 23.2 Å². The Bertz CT molecular complexity index is 262. The maximum Gasteiger partial charge on any atom is 0.0406 e. The van der Waals surface area contributed by atoms with Crippen LogP contribution < -0.4 is 0 Å². The number of hydrogen-bond donors (Lipinski definition) is 0. The number of allylic oxidation sites excluding steroid dienone is 1. The Morgan fingerprint density at radius 1 is 1.15 bits per heavy atom. The standard InChI is InChI=1S/C11H12Cl2/c12-9-3-1-2-4-10-5-7-11(13)8-6-10/h2,4-8H,1,3,9H2. The average Bonchev–Trinajstić information content (AvgIpc) is 2.15. The molecule has 0 radical (unpaired) electrons. The van der Waals surface area contributed by atoms with Crippen LogP contribution in [0.5, 0.6) is 0 Å². The van der Waals surface area contributed by atoms with Gasteiger partial charge in [-0.1, -0.05) is 35.9 Å². The first-order valence-electron chi connectivity index (χ1n) is 4.31. The Kier molecular flexibility index (Phi) is 4.95. The molecule has 13 heavy (non-hydrogen) atoms. The summed E-state index contributed by atoms with van der Waals surface area (Å²) in [5.74, 6) is 0.727. The maximum absolute atomic E-state index is 5.75. The molecule has 0 aromatic heterocycles. The van der Waals surface area contributed by atoms with E-state index in [1.54, 1.807) is 0 Å². The van der Waals surface area contributed by atoms with Crippen LogP contribution in [0.3, 0.4) is 0 Å². The molecule has 0 nitrogen and oxygen atoms in total. The van der Waals surface area contributed by atoms with Crippen molar-refractivity contribution in [2.45, 2.75) is 12.8 Å². The van der Waals surface area contributed by atoms with Crippen molar-refractivity contribution in [1.82, 2.24) is 0 Å². The predicted molar refractivity (Wildman–Crippen MR) is 60.4 cm³/mol. The Morgan fingerprint density at radius 2 is 1.85 bits per heavy atom. The highest BCUT2D eigenvalue weighted by Gasteiger charge is 1.86. The fraction of sp³-hybridized carbons (Fsp3) is 0.273. The zero-order valence-electron chi connectivity index (χ0n) is 7.34. The first kappa shape index (κ1) is 10.6. The van der Waals surface area contributed by atoms with Crippen molar-refractivity contribution < 1.29 is 0 Å². The topological polar surface area (TPSA) is 0 Å². The zero-order valence-corrected chi connectivity index (χ0v) is 8.85. The van der Waals surface area contributed by atoms with Gasteiger partial charge in [0, 0.05) is 10.9 Å². The quantitative estimate of drug-likeness (QED) is 0.516. The van der Waals surface area contributed by atoms with E-state index in [9.17, 15) is 0 Å². The van der Waals surface area contributed by atoms with Gasteiger partial charge in [0.2, 0.25) is 0 Å². The summed E-state index contributed by atoms with van der Waals surface area (Å²) in [5, 5.41) is 0.776. The molecule has 1 aromatic rings. The summed E-state index contributed by atoms with van der Waals surface area (Å²) in [7, 11) is 0. The van der Waals surface area contributed by atoms with Crippen LogP contribution in [0.1, 0.15) is 18.4 Å². The summed E-state index contributed by atoms with van der Waals surface area (Å²) in [6.45, 7) is 0. The second-order valence-electron chi connectivity index (χ2n) is 2.79. The number of unbranched alkanes of at least 4 members (excludes halogenated alkanes) is 1. The Hall–Kier alpha value is -0.460. The van der Waals surface area contributed by atoms with Gasteiger partial charge in [-0.05, 0) is 30.5 Å². The van der Waals surface area contributed by atoms with Crippen LogP contribution in [0.15, 0.2) is 30.3 Å². The second-order valence-corrected chi connectivity index (χ2v) is 3.60. The summed E-state index contributed by atoms with van der Waals surface area (Å²) in [4.78, 5) is 0. The number of halogens is 2. The molecule has 0 bridgehead atoms. The molecule has 1 rings (SSSR count). The molecule has 70 valence electrons. The van der Waals surface area contributed by atoms with Gasteiger partial charge in [-0.25, -0.2) is 0 Å². The monoisotopic (exact) mass is 214 g/mol. The first-order valence-corrected chi connectivity index (χ1v) is 5.22. The van der Waals surface area contributed by atoms with Crippen LogP contribution in [0.4, 0.5) is 0 Å². The molecular formula is C11H12Cl2. The molecule has 0 unspecified atom stereocenters. The van der Waals surface area contributed by atoms with Gasteiger partial charge in [-0.2, -0.15) is 0 Å². The number of hydrogen-bond acceptors (Lipinski definition) is 0. The SMILES string of the molecule is ClCCCC=Cc1ccc(Cl)cc1. The molecule has 0 atom stereocenters. The minimum Gasteiger partial charge on any atom is -0.127 e. The van der Waals surface area contributed by atoms with Gasteiger partial charge in [0.25, 0.3) is 0 Å².